The third-order valence-electron chi connectivity index (χ3n) is 14.9. The monoisotopic (exact) mass is 878 g/mol. The lowest BCUT2D eigenvalue weighted by Gasteiger charge is -2.48. The second kappa shape index (κ2) is 24.5. The minimum absolute atomic E-state index is 0.0562. The van der Waals surface area contributed by atoms with Gasteiger partial charge in [-0.15, -0.1) is 0 Å². The predicted molar refractivity (Wildman–Crippen MR) is 253 cm³/mol. The summed E-state index contributed by atoms with van der Waals surface area (Å²) >= 11 is 0. The summed E-state index contributed by atoms with van der Waals surface area (Å²) in [7, 11) is -6.06. The standard InChI is InChI=1S/C48H89O8Si3/c1-17-42(55-58(21-5,22-6)23-7)39(13)45-46(52-45)48(16,53-40(14)49)47(15,56-59(24-8,25-9)26-10)35-34-37(11)38(12)43-33-31-29-27-28-30-32-41(36-44(50)51-43)54-57(18-2,19-3)20-4/h27,29,31,34-35,39,41-43,45-46H,17-26,28,30,32-33,36H2,1-16H3/b31-29+,35-34+,38-37+/t39-,41-,42+,43-,45-,46-,47-,48-/m1/s1. The minimum atomic E-state index is -2.28. The van der Waals surface area contributed by atoms with Crippen molar-refractivity contribution >= 4 is 36.9 Å². The molecule has 1 radical (unpaired) electrons. The molecular formula is C48H89O8Si3. The number of epoxide rings is 1. The molecule has 0 saturated carbocycles. The highest BCUT2D eigenvalue weighted by Gasteiger charge is 2.66. The Labute approximate surface area is 365 Å². The van der Waals surface area contributed by atoms with Crippen LogP contribution in [0.25, 0.3) is 0 Å². The van der Waals surface area contributed by atoms with Gasteiger partial charge in [-0.05, 0) is 125 Å². The molecule has 2 aliphatic rings. The third-order valence-corrected chi connectivity index (χ3v) is 29.0. The van der Waals surface area contributed by atoms with Gasteiger partial charge in [0.1, 0.15) is 17.8 Å². The lowest BCUT2D eigenvalue weighted by atomic mass is 9.78. The summed E-state index contributed by atoms with van der Waals surface area (Å²) in [5.74, 6) is -0.467. The quantitative estimate of drug-likeness (QED) is 0.0410. The first-order valence-electron chi connectivity index (χ1n) is 23.8. The van der Waals surface area contributed by atoms with Crippen LogP contribution in [0.1, 0.15) is 149 Å². The van der Waals surface area contributed by atoms with E-state index in [1.54, 1.807) is 0 Å². The molecule has 0 aromatic carbocycles. The van der Waals surface area contributed by atoms with E-state index in [1.165, 1.54) is 6.92 Å². The highest BCUT2D eigenvalue weighted by Crippen LogP contribution is 2.50. The molecule has 0 N–H and O–H groups in total. The van der Waals surface area contributed by atoms with E-state index in [0.29, 0.717) is 6.42 Å². The molecule has 0 aromatic rings. The zero-order valence-electron chi connectivity index (χ0n) is 40.7. The van der Waals surface area contributed by atoms with Gasteiger partial charge in [0, 0.05) is 25.4 Å². The number of ether oxygens (including phenoxy) is 3. The van der Waals surface area contributed by atoms with Crippen LogP contribution in [-0.2, 0) is 37.1 Å². The van der Waals surface area contributed by atoms with Crippen molar-refractivity contribution in [3.63, 3.8) is 0 Å². The van der Waals surface area contributed by atoms with Crippen LogP contribution in [0.15, 0.2) is 35.5 Å². The van der Waals surface area contributed by atoms with Crippen LogP contribution in [0.5, 0.6) is 0 Å². The summed E-state index contributed by atoms with van der Waals surface area (Å²) in [5, 5.41) is 0. The van der Waals surface area contributed by atoms with Crippen molar-refractivity contribution in [3.05, 3.63) is 41.9 Å². The number of carbonyl (C=O) groups is 2. The van der Waals surface area contributed by atoms with Crippen LogP contribution in [0, 0.1) is 12.3 Å². The van der Waals surface area contributed by atoms with E-state index in [9.17, 15) is 9.59 Å². The Morgan fingerprint density at radius 1 is 0.864 bits per heavy atom. The van der Waals surface area contributed by atoms with Gasteiger partial charge in [0.15, 0.2) is 30.6 Å². The minimum Gasteiger partial charge on any atom is -0.457 e. The van der Waals surface area contributed by atoms with Crippen LogP contribution < -0.4 is 0 Å². The summed E-state index contributed by atoms with van der Waals surface area (Å²) in [6.07, 6.45) is 14.1. The number of allylic oxidation sites excluding steroid dienone is 3. The Hall–Kier alpha value is -1.35. The molecule has 1 fully saturated rings. The van der Waals surface area contributed by atoms with Crippen molar-refractivity contribution in [3.8, 4) is 0 Å². The van der Waals surface area contributed by atoms with Crippen molar-refractivity contribution in [1.29, 1.82) is 0 Å². The largest absolute Gasteiger partial charge is 0.457 e. The maximum Gasteiger partial charge on any atom is 0.308 e. The van der Waals surface area contributed by atoms with Crippen LogP contribution in [-0.4, -0.2) is 78.6 Å². The molecule has 2 heterocycles. The number of hydrogen-bond acceptors (Lipinski definition) is 8. The lowest BCUT2D eigenvalue weighted by Crippen LogP contribution is -2.62. The Morgan fingerprint density at radius 2 is 1.42 bits per heavy atom. The Balaban J connectivity index is 2.62. The maximum absolute atomic E-state index is 13.7. The first kappa shape index (κ1) is 53.8. The maximum atomic E-state index is 13.7. The van der Waals surface area contributed by atoms with Gasteiger partial charge in [0.2, 0.25) is 0 Å². The molecule has 0 amide bonds. The first-order chi connectivity index (χ1) is 27.9. The smallest absolute Gasteiger partial charge is 0.308 e. The van der Waals surface area contributed by atoms with Crippen LogP contribution in [0.2, 0.25) is 54.4 Å². The molecule has 11 heteroatoms. The second-order valence-corrected chi connectivity index (χ2v) is 32.2. The molecule has 8 atom stereocenters. The molecule has 0 aliphatic carbocycles. The topological polar surface area (TPSA) is 92.8 Å². The van der Waals surface area contributed by atoms with Crippen molar-refractivity contribution in [1.82, 2.24) is 0 Å². The van der Waals surface area contributed by atoms with Gasteiger partial charge < -0.3 is 27.5 Å². The molecule has 8 nitrogen and oxygen atoms in total. The molecule has 2 aliphatic heterocycles. The zero-order valence-corrected chi connectivity index (χ0v) is 43.7. The second-order valence-electron chi connectivity index (χ2n) is 18.0. The molecule has 2 rings (SSSR count). The van der Waals surface area contributed by atoms with E-state index in [4.69, 9.17) is 27.5 Å². The van der Waals surface area contributed by atoms with Gasteiger partial charge in [0.05, 0.1) is 18.6 Å². The van der Waals surface area contributed by atoms with Gasteiger partial charge in [-0.1, -0.05) is 101 Å². The summed E-state index contributed by atoms with van der Waals surface area (Å²) < 4.78 is 40.9. The number of esters is 2. The Kier molecular flexibility index (Phi) is 22.3. The van der Waals surface area contributed by atoms with E-state index >= 15 is 0 Å². The van der Waals surface area contributed by atoms with E-state index in [1.807, 2.05) is 6.92 Å². The molecule has 341 valence electrons. The zero-order chi connectivity index (χ0) is 44.7. The number of carbonyl (C=O) groups excluding carboxylic acids is 2. The molecular weight excluding hydrogens is 789 g/mol. The highest BCUT2D eigenvalue weighted by atomic mass is 28.4. The summed E-state index contributed by atoms with van der Waals surface area (Å²) in [4.78, 5) is 26.9. The predicted octanol–water partition coefficient (Wildman–Crippen LogP) is 13.2. The van der Waals surface area contributed by atoms with Crippen molar-refractivity contribution < 1.29 is 37.1 Å². The number of hydrogen-bond donors (Lipinski definition) is 0. The van der Waals surface area contributed by atoms with Gasteiger partial charge >= 0.3 is 11.9 Å². The van der Waals surface area contributed by atoms with Gasteiger partial charge in [0.25, 0.3) is 0 Å². The summed E-state index contributed by atoms with van der Waals surface area (Å²) in [6, 6.07) is 9.23. The molecule has 59 heavy (non-hydrogen) atoms. The summed E-state index contributed by atoms with van der Waals surface area (Å²) in [5.41, 5.74) is -0.203. The van der Waals surface area contributed by atoms with Crippen molar-refractivity contribution in [2.24, 2.45) is 5.92 Å². The molecule has 0 unspecified atom stereocenters. The van der Waals surface area contributed by atoms with Gasteiger partial charge in [-0.3, -0.25) is 9.59 Å². The van der Waals surface area contributed by atoms with Crippen molar-refractivity contribution in [2.75, 3.05) is 0 Å². The fourth-order valence-electron chi connectivity index (χ4n) is 9.31. The fourth-order valence-corrected chi connectivity index (χ4v) is 18.3. The van der Waals surface area contributed by atoms with E-state index < -0.39 is 42.3 Å². The van der Waals surface area contributed by atoms with E-state index in [-0.39, 0.29) is 48.7 Å². The van der Waals surface area contributed by atoms with Gasteiger partial charge in [-0.2, -0.15) is 0 Å². The third kappa shape index (κ3) is 14.1. The average molecular weight is 878 g/mol. The van der Waals surface area contributed by atoms with Crippen LogP contribution >= 0.6 is 0 Å². The first-order valence-corrected chi connectivity index (χ1v) is 31.4. The molecule has 1 saturated heterocycles. The highest BCUT2D eigenvalue weighted by molar-refractivity contribution is 6.74. The Morgan fingerprint density at radius 3 is 1.93 bits per heavy atom. The van der Waals surface area contributed by atoms with Crippen LogP contribution in [0.3, 0.4) is 0 Å². The lowest BCUT2D eigenvalue weighted by molar-refractivity contribution is -0.179. The number of rotatable bonds is 24. The van der Waals surface area contributed by atoms with Gasteiger partial charge in [-0.25, -0.2) is 0 Å². The molecule has 0 spiro atoms. The molecule has 0 aromatic heterocycles. The Bertz CT molecular complexity index is 1360. The van der Waals surface area contributed by atoms with E-state index in [0.717, 1.165) is 91.2 Å². The van der Waals surface area contributed by atoms with E-state index in [2.05, 4.69) is 128 Å². The number of cyclic esters (lactones) is 1. The normalized spacial score (nSPS) is 25.4. The molecule has 0 bridgehead atoms. The SMILES string of the molecule is CC[C@H](O[Si](CC)(CC)CC)[C@@H](C)[C@H]1O[C@H]1[C@@](C)(OC(C)=O)[C@@](C)(/C=C/C(C)=C(\C)[C@H]1C/C=C/[CH]CCC[C@@H](O[Si](CC)(CC)CC)CC(=O)O1)O[Si](CC)(CC)CC. The van der Waals surface area contributed by atoms with Crippen LogP contribution in [0.4, 0.5) is 0 Å². The van der Waals surface area contributed by atoms with Crippen molar-refractivity contribution in [2.45, 2.75) is 245 Å². The fraction of sp³-hybridized carbons (Fsp3) is 0.812. The average Bonchev–Trinajstić information content (AvgIpc) is 4.04. The summed E-state index contributed by atoms with van der Waals surface area (Å²) in [6.45, 7) is 34.3.